The fourth-order valence-electron chi connectivity index (χ4n) is 3.42. The van der Waals surface area contributed by atoms with Crippen LogP contribution in [0, 0.1) is 0 Å². The largest absolute Gasteiger partial charge is 0.329 e. The van der Waals surface area contributed by atoms with Crippen LogP contribution < -0.4 is 5.56 Å². The van der Waals surface area contributed by atoms with Gasteiger partial charge in [-0.05, 0) is 28.7 Å². The van der Waals surface area contributed by atoms with Crippen molar-refractivity contribution in [2.75, 3.05) is 19.6 Å². The van der Waals surface area contributed by atoms with Gasteiger partial charge >= 0.3 is 0 Å². The first kappa shape index (κ1) is 17.3. The van der Waals surface area contributed by atoms with Crippen LogP contribution in [-0.4, -0.2) is 33.8 Å². The van der Waals surface area contributed by atoms with Gasteiger partial charge in [0.05, 0.1) is 6.04 Å². The average Bonchev–Trinajstić information content (AvgIpc) is 2.56. The molecule has 0 spiro atoms. The van der Waals surface area contributed by atoms with Crippen molar-refractivity contribution in [2.24, 2.45) is 0 Å². The van der Waals surface area contributed by atoms with Gasteiger partial charge in [0, 0.05) is 38.4 Å². The number of aromatic nitrogens is 1. The second kappa shape index (κ2) is 7.55. The van der Waals surface area contributed by atoms with Crippen LogP contribution in [-0.2, 0) is 6.54 Å². The highest BCUT2D eigenvalue weighted by Gasteiger charge is 2.28. The van der Waals surface area contributed by atoms with Crippen molar-refractivity contribution in [3.63, 3.8) is 0 Å². The number of thiol groups is 1. The maximum Gasteiger partial charge on any atom is 0.248 e. The van der Waals surface area contributed by atoms with Gasteiger partial charge in [-0.15, -0.1) is 0 Å². The smallest absolute Gasteiger partial charge is 0.248 e. The number of hydrogen-bond donors (Lipinski definition) is 2. The summed E-state index contributed by atoms with van der Waals surface area (Å²) >= 11 is 4.72. The van der Waals surface area contributed by atoms with Crippen LogP contribution in [0.3, 0.4) is 0 Å². The van der Waals surface area contributed by atoms with E-state index in [9.17, 15) is 4.79 Å². The maximum atomic E-state index is 11.5. The van der Waals surface area contributed by atoms with E-state index in [2.05, 4.69) is 52.3 Å². The summed E-state index contributed by atoms with van der Waals surface area (Å²) < 4.78 is 2.15. The number of aromatic amines is 1. The Bertz CT molecular complexity index is 743. The summed E-state index contributed by atoms with van der Waals surface area (Å²) in [5, 5.41) is 0. The summed E-state index contributed by atoms with van der Waals surface area (Å²) in [5.41, 5.74) is 3.77. The predicted octanol–water partition coefficient (Wildman–Crippen LogP) is 3.20. The van der Waals surface area contributed by atoms with Crippen molar-refractivity contribution >= 4 is 12.8 Å². The highest BCUT2D eigenvalue weighted by molar-refractivity contribution is 7.77. The molecule has 1 fully saturated rings. The van der Waals surface area contributed by atoms with E-state index < -0.39 is 0 Å². The third-order valence-electron chi connectivity index (χ3n) is 4.66. The van der Waals surface area contributed by atoms with Crippen molar-refractivity contribution in [3.8, 4) is 0 Å². The fraction of sp³-hybridized carbons (Fsp3) is 0.421. The van der Waals surface area contributed by atoms with E-state index in [-0.39, 0.29) is 11.6 Å². The van der Waals surface area contributed by atoms with Gasteiger partial charge in [-0.2, -0.15) is 0 Å². The Morgan fingerprint density at radius 1 is 1.25 bits per heavy atom. The molecule has 24 heavy (non-hydrogen) atoms. The SMILES string of the molecule is CC(C)c1ccccc1C1CN(Cc2cc[nH]c(=O)c2)CCN1S. The lowest BCUT2D eigenvalue weighted by atomic mass is 9.91. The molecule has 1 N–H and O–H groups in total. The molecular weight excluding hydrogens is 318 g/mol. The van der Waals surface area contributed by atoms with Crippen LogP contribution in [0.5, 0.6) is 0 Å². The number of pyridine rings is 1. The first-order valence-electron chi connectivity index (χ1n) is 8.49. The quantitative estimate of drug-likeness (QED) is 0.838. The van der Waals surface area contributed by atoms with E-state index in [1.54, 1.807) is 12.3 Å². The second-order valence-corrected chi connectivity index (χ2v) is 7.27. The summed E-state index contributed by atoms with van der Waals surface area (Å²) in [5.74, 6) is 0.492. The molecular formula is C19H25N3OS. The van der Waals surface area contributed by atoms with Crippen LogP contribution in [0.4, 0.5) is 0 Å². The summed E-state index contributed by atoms with van der Waals surface area (Å²) in [6.45, 7) is 8.04. The van der Waals surface area contributed by atoms with Gasteiger partial charge in [-0.3, -0.25) is 9.69 Å². The molecule has 4 nitrogen and oxygen atoms in total. The van der Waals surface area contributed by atoms with Crippen LogP contribution >= 0.6 is 12.8 Å². The highest BCUT2D eigenvalue weighted by atomic mass is 32.1. The number of nitrogens with zero attached hydrogens (tertiary/aromatic N) is 2. The van der Waals surface area contributed by atoms with E-state index in [0.29, 0.717) is 5.92 Å². The zero-order valence-corrected chi connectivity index (χ0v) is 15.2. The summed E-state index contributed by atoms with van der Waals surface area (Å²) in [4.78, 5) is 16.6. The number of benzene rings is 1. The van der Waals surface area contributed by atoms with E-state index in [1.165, 1.54) is 11.1 Å². The second-order valence-electron chi connectivity index (χ2n) is 6.76. The number of rotatable bonds is 4. The first-order valence-corrected chi connectivity index (χ1v) is 8.89. The molecule has 3 rings (SSSR count). The minimum absolute atomic E-state index is 0.0398. The normalized spacial score (nSPS) is 19.8. The van der Waals surface area contributed by atoms with Crippen LogP contribution in [0.2, 0.25) is 0 Å². The molecule has 1 aromatic heterocycles. The molecule has 0 radical (unpaired) electrons. The Morgan fingerprint density at radius 2 is 2.04 bits per heavy atom. The molecule has 0 aliphatic carbocycles. The molecule has 1 aliphatic heterocycles. The van der Waals surface area contributed by atoms with Gasteiger partial charge in [0.2, 0.25) is 5.56 Å². The maximum absolute atomic E-state index is 11.5. The average molecular weight is 343 g/mol. The first-order chi connectivity index (χ1) is 11.5. The van der Waals surface area contributed by atoms with Gasteiger partial charge < -0.3 is 4.98 Å². The zero-order valence-electron chi connectivity index (χ0n) is 14.3. The van der Waals surface area contributed by atoms with Crippen molar-refractivity contribution in [2.45, 2.75) is 32.4 Å². The number of hydrogen-bond acceptors (Lipinski definition) is 4. The van der Waals surface area contributed by atoms with Crippen molar-refractivity contribution in [1.82, 2.24) is 14.2 Å². The number of H-pyrrole nitrogens is 1. The van der Waals surface area contributed by atoms with Gasteiger partial charge in [-0.25, -0.2) is 4.31 Å². The third kappa shape index (κ3) is 3.91. The van der Waals surface area contributed by atoms with Crippen LogP contribution in [0.15, 0.2) is 47.4 Å². The van der Waals surface area contributed by atoms with E-state index in [1.807, 2.05) is 6.07 Å². The molecule has 1 saturated heterocycles. The highest BCUT2D eigenvalue weighted by Crippen LogP contribution is 2.32. The summed E-state index contributed by atoms with van der Waals surface area (Å²) in [6.07, 6.45) is 1.72. The van der Waals surface area contributed by atoms with E-state index >= 15 is 0 Å². The van der Waals surface area contributed by atoms with Gasteiger partial charge in [-0.1, -0.05) is 50.9 Å². The molecule has 1 atom stereocenters. The Labute approximate surface area is 149 Å². The Kier molecular flexibility index (Phi) is 5.43. The molecule has 1 aromatic carbocycles. The van der Waals surface area contributed by atoms with E-state index in [4.69, 9.17) is 12.8 Å². The van der Waals surface area contributed by atoms with Crippen LogP contribution in [0.25, 0.3) is 0 Å². The predicted molar refractivity (Wildman–Crippen MR) is 101 cm³/mol. The fourth-order valence-corrected chi connectivity index (χ4v) is 3.70. The topological polar surface area (TPSA) is 39.3 Å². The lowest BCUT2D eigenvalue weighted by molar-refractivity contribution is 0.138. The molecule has 128 valence electrons. The molecule has 0 amide bonds. The Balaban J connectivity index is 1.80. The summed E-state index contributed by atoms with van der Waals surface area (Å²) in [7, 11) is 0. The van der Waals surface area contributed by atoms with Gasteiger partial charge in [0.25, 0.3) is 0 Å². The standard InChI is InChI=1S/C19H25N3OS/c1-14(2)16-5-3-4-6-17(16)18-13-21(9-10-22(18)24)12-15-7-8-20-19(23)11-15/h3-8,11,14,18,24H,9-10,12-13H2,1-2H3,(H,20,23). The molecule has 0 saturated carbocycles. The number of piperazine rings is 1. The van der Waals surface area contributed by atoms with Crippen molar-refractivity contribution < 1.29 is 0 Å². The molecule has 2 heterocycles. The summed E-state index contributed by atoms with van der Waals surface area (Å²) in [6, 6.07) is 12.6. The Morgan fingerprint density at radius 3 is 2.79 bits per heavy atom. The zero-order chi connectivity index (χ0) is 17.1. The molecule has 1 unspecified atom stereocenters. The molecule has 5 heteroatoms. The lowest BCUT2D eigenvalue weighted by Crippen LogP contribution is -2.44. The van der Waals surface area contributed by atoms with Gasteiger partial charge in [0.15, 0.2) is 0 Å². The van der Waals surface area contributed by atoms with Crippen molar-refractivity contribution in [3.05, 3.63) is 69.6 Å². The van der Waals surface area contributed by atoms with Crippen LogP contribution in [0.1, 0.15) is 42.5 Å². The molecule has 1 aliphatic rings. The third-order valence-corrected chi connectivity index (χ3v) is 5.14. The van der Waals surface area contributed by atoms with E-state index in [0.717, 1.165) is 31.7 Å². The van der Waals surface area contributed by atoms with Crippen molar-refractivity contribution in [1.29, 1.82) is 0 Å². The minimum Gasteiger partial charge on any atom is -0.329 e. The molecule has 2 aromatic rings. The monoisotopic (exact) mass is 343 g/mol. The lowest BCUT2D eigenvalue weighted by Gasteiger charge is -2.39. The Hall–Kier alpha value is -1.56. The van der Waals surface area contributed by atoms with Gasteiger partial charge in [0.1, 0.15) is 0 Å². The minimum atomic E-state index is -0.0398. The molecule has 0 bridgehead atoms. The number of nitrogens with one attached hydrogen (secondary N) is 1.